The van der Waals surface area contributed by atoms with Gasteiger partial charge in [-0.1, -0.05) is 13.0 Å². The third kappa shape index (κ3) is 3.81. The zero-order chi connectivity index (χ0) is 13.5. The average Bonchev–Trinajstić information content (AvgIpc) is 2.46. The molecular formula is C15H16N2O2. The van der Waals surface area contributed by atoms with Gasteiger partial charge < -0.3 is 10.1 Å². The maximum atomic E-state index is 11.9. The molecule has 2 aromatic rings. The summed E-state index contributed by atoms with van der Waals surface area (Å²) in [6.07, 6.45) is 4.12. The predicted molar refractivity (Wildman–Crippen MR) is 74.4 cm³/mol. The van der Waals surface area contributed by atoms with E-state index in [0.29, 0.717) is 17.9 Å². The zero-order valence-electron chi connectivity index (χ0n) is 10.8. The number of benzene rings is 1. The van der Waals surface area contributed by atoms with Gasteiger partial charge in [-0.2, -0.15) is 0 Å². The van der Waals surface area contributed by atoms with Crippen molar-refractivity contribution in [1.29, 1.82) is 0 Å². The number of rotatable bonds is 5. The summed E-state index contributed by atoms with van der Waals surface area (Å²) in [7, 11) is 0. The molecule has 4 heteroatoms. The van der Waals surface area contributed by atoms with Crippen LogP contribution in [0.5, 0.6) is 5.75 Å². The lowest BCUT2D eigenvalue weighted by atomic mass is 10.2. The van der Waals surface area contributed by atoms with Crippen LogP contribution in [0.25, 0.3) is 0 Å². The van der Waals surface area contributed by atoms with Crippen LogP contribution in [0.4, 0.5) is 5.69 Å². The molecule has 0 radical (unpaired) electrons. The van der Waals surface area contributed by atoms with Gasteiger partial charge in [0.1, 0.15) is 5.75 Å². The van der Waals surface area contributed by atoms with Gasteiger partial charge in [-0.25, -0.2) is 0 Å². The van der Waals surface area contributed by atoms with E-state index in [4.69, 9.17) is 4.74 Å². The van der Waals surface area contributed by atoms with Gasteiger partial charge in [0.15, 0.2) is 0 Å². The first-order valence-corrected chi connectivity index (χ1v) is 6.24. The highest BCUT2D eigenvalue weighted by atomic mass is 16.5. The van der Waals surface area contributed by atoms with Gasteiger partial charge in [-0.15, -0.1) is 0 Å². The van der Waals surface area contributed by atoms with Crippen molar-refractivity contribution in [1.82, 2.24) is 4.98 Å². The molecule has 0 fully saturated rings. The van der Waals surface area contributed by atoms with Crippen LogP contribution in [0.3, 0.4) is 0 Å². The number of hydrogen-bond donors (Lipinski definition) is 1. The summed E-state index contributed by atoms with van der Waals surface area (Å²) in [4.78, 5) is 15.9. The first-order valence-electron chi connectivity index (χ1n) is 6.24. The standard InChI is InChI=1S/C15H16N2O2/c1-2-9-19-14-7-3-6-13(10-14)17-15(18)12-5-4-8-16-11-12/h3-8,10-11H,2,9H2,1H3,(H,17,18). The molecule has 1 aromatic heterocycles. The number of hydrogen-bond acceptors (Lipinski definition) is 3. The second kappa shape index (κ2) is 6.54. The van der Waals surface area contributed by atoms with Crippen molar-refractivity contribution in [2.24, 2.45) is 0 Å². The molecule has 19 heavy (non-hydrogen) atoms. The van der Waals surface area contributed by atoms with E-state index < -0.39 is 0 Å². The molecule has 98 valence electrons. The molecule has 0 aliphatic carbocycles. The number of ether oxygens (including phenoxy) is 1. The Morgan fingerprint density at radius 3 is 2.95 bits per heavy atom. The van der Waals surface area contributed by atoms with Crippen LogP contribution >= 0.6 is 0 Å². The van der Waals surface area contributed by atoms with Crippen molar-refractivity contribution in [2.75, 3.05) is 11.9 Å². The van der Waals surface area contributed by atoms with Crippen molar-refractivity contribution in [3.8, 4) is 5.75 Å². The zero-order valence-corrected chi connectivity index (χ0v) is 10.8. The molecular weight excluding hydrogens is 240 g/mol. The summed E-state index contributed by atoms with van der Waals surface area (Å²) in [5.74, 6) is 0.576. The minimum atomic E-state index is -0.180. The summed E-state index contributed by atoms with van der Waals surface area (Å²) >= 11 is 0. The van der Waals surface area contributed by atoms with E-state index in [-0.39, 0.29) is 5.91 Å². The molecule has 0 aliphatic rings. The number of anilines is 1. The van der Waals surface area contributed by atoms with E-state index in [1.165, 1.54) is 6.20 Å². The fourth-order valence-electron chi connectivity index (χ4n) is 1.58. The molecule has 1 heterocycles. The summed E-state index contributed by atoms with van der Waals surface area (Å²) in [5, 5.41) is 2.82. The lowest BCUT2D eigenvalue weighted by molar-refractivity contribution is 0.102. The molecule has 0 spiro atoms. The largest absolute Gasteiger partial charge is 0.494 e. The molecule has 0 aliphatic heterocycles. The number of nitrogens with one attached hydrogen (secondary N) is 1. The van der Waals surface area contributed by atoms with E-state index in [9.17, 15) is 4.79 Å². The van der Waals surface area contributed by atoms with Crippen LogP contribution < -0.4 is 10.1 Å². The number of carbonyl (C=O) groups is 1. The Hall–Kier alpha value is -2.36. The Labute approximate surface area is 112 Å². The van der Waals surface area contributed by atoms with E-state index in [1.54, 1.807) is 18.3 Å². The number of amides is 1. The van der Waals surface area contributed by atoms with E-state index in [0.717, 1.165) is 12.2 Å². The molecule has 0 atom stereocenters. The average molecular weight is 256 g/mol. The first kappa shape index (κ1) is 13.1. The van der Waals surface area contributed by atoms with E-state index >= 15 is 0 Å². The molecule has 1 N–H and O–H groups in total. The quantitative estimate of drug-likeness (QED) is 0.894. The van der Waals surface area contributed by atoms with Gasteiger partial charge in [0, 0.05) is 24.1 Å². The molecule has 1 aromatic carbocycles. The van der Waals surface area contributed by atoms with E-state index in [2.05, 4.69) is 10.3 Å². The highest BCUT2D eigenvalue weighted by Gasteiger charge is 2.06. The Morgan fingerprint density at radius 2 is 2.21 bits per heavy atom. The summed E-state index contributed by atoms with van der Waals surface area (Å²) < 4.78 is 5.52. The first-order chi connectivity index (χ1) is 9.29. The maximum Gasteiger partial charge on any atom is 0.257 e. The number of aromatic nitrogens is 1. The molecule has 0 saturated carbocycles. The summed E-state index contributed by atoms with van der Waals surface area (Å²) in [6, 6.07) is 10.8. The summed E-state index contributed by atoms with van der Waals surface area (Å²) in [5.41, 5.74) is 1.24. The van der Waals surface area contributed by atoms with Gasteiger partial charge in [0.05, 0.1) is 12.2 Å². The third-order valence-electron chi connectivity index (χ3n) is 2.49. The van der Waals surface area contributed by atoms with Gasteiger partial charge in [-0.05, 0) is 30.7 Å². The van der Waals surface area contributed by atoms with Crippen molar-refractivity contribution >= 4 is 11.6 Å². The predicted octanol–water partition coefficient (Wildman–Crippen LogP) is 3.12. The van der Waals surface area contributed by atoms with Crippen LogP contribution in [0.15, 0.2) is 48.8 Å². The minimum Gasteiger partial charge on any atom is -0.494 e. The Bertz CT molecular complexity index is 541. The maximum absolute atomic E-state index is 11.9. The smallest absolute Gasteiger partial charge is 0.257 e. The molecule has 0 unspecified atom stereocenters. The summed E-state index contributed by atoms with van der Waals surface area (Å²) in [6.45, 7) is 2.72. The van der Waals surface area contributed by atoms with Gasteiger partial charge in [-0.3, -0.25) is 9.78 Å². The second-order valence-corrected chi connectivity index (χ2v) is 4.07. The fraction of sp³-hybridized carbons (Fsp3) is 0.200. The number of nitrogens with zero attached hydrogens (tertiary/aromatic N) is 1. The molecule has 2 rings (SSSR count). The Kier molecular flexibility index (Phi) is 4.50. The lowest BCUT2D eigenvalue weighted by Crippen LogP contribution is -2.12. The SMILES string of the molecule is CCCOc1cccc(NC(=O)c2cccnc2)c1. The van der Waals surface area contributed by atoms with Crippen LogP contribution in [-0.2, 0) is 0 Å². The van der Waals surface area contributed by atoms with Crippen LogP contribution in [0.2, 0.25) is 0 Å². The van der Waals surface area contributed by atoms with Crippen LogP contribution in [0.1, 0.15) is 23.7 Å². The molecule has 0 bridgehead atoms. The molecule has 1 amide bonds. The Balaban J connectivity index is 2.05. The highest BCUT2D eigenvalue weighted by molar-refractivity contribution is 6.04. The van der Waals surface area contributed by atoms with Crippen molar-refractivity contribution < 1.29 is 9.53 Å². The highest BCUT2D eigenvalue weighted by Crippen LogP contribution is 2.18. The van der Waals surface area contributed by atoms with Crippen molar-refractivity contribution in [2.45, 2.75) is 13.3 Å². The Morgan fingerprint density at radius 1 is 1.32 bits per heavy atom. The fourth-order valence-corrected chi connectivity index (χ4v) is 1.58. The van der Waals surface area contributed by atoms with Gasteiger partial charge in [0.2, 0.25) is 0 Å². The molecule has 4 nitrogen and oxygen atoms in total. The van der Waals surface area contributed by atoms with Crippen LogP contribution in [-0.4, -0.2) is 17.5 Å². The molecule has 0 saturated heterocycles. The van der Waals surface area contributed by atoms with Gasteiger partial charge in [0.25, 0.3) is 5.91 Å². The second-order valence-electron chi connectivity index (χ2n) is 4.07. The van der Waals surface area contributed by atoms with Crippen LogP contribution in [0, 0.1) is 0 Å². The van der Waals surface area contributed by atoms with Crippen molar-refractivity contribution in [3.63, 3.8) is 0 Å². The van der Waals surface area contributed by atoms with Gasteiger partial charge >= 0.3 is 0 Å². The van der Waals surface area contributed by atoms with E-state index in [1.807, 2.05) is 31.2 Å². The minimum absolute atomic E-state index is 0.180. The lowest BCUT2D eigenvalue weighted by Gasteiger charge is -2.08. The van der Waals surface area contributed by atoms with Crippen molar-refractivity contribution in [3.05, 3.63) is 54.4 Å². The third-order valence-corrected chi connectivity index (χ3v) is 2.49. The number of pyridine rings is 1. The monoisotopic (exact) mass is 256 g/mol. The topological polar surface area (TPSA) is 51.2 Å². The normalized spacial score (nSPS) is 9.95. The number of carbonyl (C=O) groups excluding carboxylic acids is 1.